The number of benzene rings is 1. The molecule has 2 aromatic heterocycles. The van der Waals surface area contributed by atoms with Crippen molar-refractivity contribution in [3.8, 4) is 0 Å². The van der Waals surface area contributed by atoms with Crippen LogP contribution < -0.4 is 5.73 Å². The average molecular weight is 266 g/mol. The average Bonchev–Trinajstić information content (AvgIpc) is 2.81. The molecule has 1 atom stereocenters. The van der Waals surface area contributed by atoms with E-state index in [2.05, 4.69) is 18.0 Å². The predicted octanol–water partition coefficient (Wildman–Crippen LogP) is 3.80. The molecule has 0 saturated carbocycles. The Balaban J connectivity index is 2.05. The van der Waals surface area contributed by atoms with Crippen LogP contribution in [0, 0.1) is 20.8 Å². The van der Waals surface area contributed by atoms with Crippen molar-refractivity contribution in [3.63, 3.8) is 0 Å². The lowest BCUT2D eigenvalue weighted by molar-refractivity contribution is 0.523. The van der Waals surface area contributed by atoms with Crippen molar-refractivity contribution in [2.45, 2.75) is 26.8 Å². The quantitative estimate of drug-likeness (QED) is 0.767. The van der Waals surface area contributed by atoms with Gasteiger partial charge in [0.25, 0.3) is 0 Å². The van der Waals surface area contributed by atoms with Crippen LogP contribution in [0.1, 0.15) is 34.3 Å². The van der Waals surface area contributed by atoms with Crippen molar-refractivity contribution in [3.05, 3.63) is 64.7 Å². The Labute approximate surface area is 118 Å². The molecular formula is C17H18N2O. The van der Waals surface area contributed by atoms with Gasteiger partial charge in [0.2, 0.25) is 0 Å². The maximum atomic E-state index is 6.34. The minimum absolute atomic E-state index is 0.282. The second-order valence-corrected chi connectivity index (χ2v) is 5.29. The molecular weight excluding hydrogens is 248 g/mol. The van der Waals surface area contributed by atoms with E-state index in [1.165, 1.54) is 5.56 Å². The molecule has 0 aliphatic rings. The molecule has 20 heavy (non-hydrogen) atoms. The summed E-state index contributed by atoms with van der Waals surface area (Å²) in [6.45, 7) is 6.03. The molecule has 0 aliphatic heterocycles. The number of nitrogens with zero attached hydrogens (tertiary/aromatic N) is 1. The maximum Gasteiger partial charge on any atom is 0.134 e. The number of fused-ring (bicyclic) bond motifs is 1. The largest absolute Gasteiger partial charge is 0.459 e. The first-order valence-electron chi connectivity index (χ1n) is 6.74. The summed E-state index contributed by atoms with van der Waals surface area (Å²) in [5.74, 6) is 0.777. The summed E-state index contributed by atoms with van der Waals surface area (Å²) in [5, 5.41) is 1.09. The molecule has 0 aliphatic carbocycles. The first kappa shape index (κ1) is 12.9. The Kier molecular flexibility index (Phi) is 3.07. The van der Waals surface area contributed by atoms with Crippen molar-refractivity contribution in [1.82, 2.24) is 4.98 Å². The molecule has 3 nitrogen and oxygen atoms in total. The van der Waals surface area contributed by atoms with Crippen LogP contribution in [0.5, 0.6) is 0 Å². The number of hydrogen-bond acceptors (Lipinski definition) is 3. The molecule has 2 heterocycles. The highest BCUT2D eigenvalue weighted by atomic mass is 16.3. The Morgan fingerprint density at radius 2 is 1.85 bits per heavy atom. The summed E-state index contributed by atoms with van der Waals surface area (Å²) in [6.07, 6.45) is 0. The van der Waals surface area contributed by atoms with Gasteiger partial charge in [-0.25, -0.2) is 0 Å². The van der Waals surface area contributed by atoms with E-state index in [1.807, 2.05) is 44.2 Å². The van der Waals surface area contributed by atoms with Gasteiger partial charge in [0, 0.05) is 16.8 Å². The monoisotopic (exact) mass is 266 g/mol. The fourth-order valence-corrected chi connectivity index (χ4v) is 2.52. The normalized spacial score (nSPS) is 12.8. The van der Waals surface area contributed by atoms with E-state index >= 15 is 0 Å². The zero-order valence-corrected chi connectivity index (χ0v) is 12.0. The SMILES string of the molecule is Cc1ccc2oc(C(N)c3ccc(C)nc3C)cc2c1. The maximum absolute atomic E-state index is 6.34. The number of rotatable bonds is 2. The lowest BCUT2D eigenvalue weighted by Gasteiger charge is -2.12. The van der Waals surface area contributed by atoms with Crippen LogP contribution in [0.15, 0.2) is 40.8 Å². The van der Waals surface area contributed by atoms with E-state index in [0.717, 1.165) is 33.7 Å². The van der Waals surface area contributed by atoms with Crippen molar-refractivity contribution >= 4 is 11.0 Å². The number of furan rings is 1. The summed E-state index contributed by atoms with van der Waals surface area (Å²) in [5.41, 5.74) is 11.4. The standard InChI is InChI=1S/C17H18N2O/c1-10-4-7-15-13(8-10)9-16(20-15)17(18)14-6-5-11(2)19-12(14)3/h4-9,17H,18H2,1-3H3. The van der Waals surface area contributed by atoms with Gasteiger partial charge in [-0.2, -0.15) is 0 Å². The Morgan fingerprint density at radius 3 is 2.60 bits per heavy atom. The van der Waals surface area contributed by atoms with E-state index in [-0.39, 0.29) is 6.04 Å². The Hall–Kier alpha value is -2.13. The number of pyridine rings is 1. The third-order valence-electron chi connectivity index (χ3n) is 3.60. The van der Waals surface area contributed by atoms with E-state index in [4.69, 9.17) is 10.2 Å². The molecule has 0 radical (unpaired) electrons. The number of aryl methyl sites for hydroxylation is 3. The van der Waals surface area contributed by atoms with E-state index in [0.29, 0.717) is 0 Å². The van der Waals surface area contributed by atoms with Crippen LogP contribution in [0.25, 0.3) is 11.0 Å². The van der Waals surface area contributed by atoms with E-state index < -0.39 is 0 Å². The fraction of sp³-hybridized carbons (Fsp3) is 0.235. The Morgan fingerprint density at radius 1 is 1.05 bits per heavy atom. The molecule has 0 saturated heterocycles. The second-order valence-electron chi connectivity index (χ2n) is 5.29. The Bertz CT molecular complexity index is 774. The van der Waals surface area contributed by atoms with Gasteiger partial charge < -0.3 is 10.2 Å². The number of hydrogen-bond donors (Lipinski definition) is 1. The van der Waals surface area contributed by atoms with E-state index in [9.17, 15) is 0 Å². The smallest absolute Gasteiger partial charge is 0.134 e. The highest BCUT2D eigenvalue weighted by Gasteiger charge is 2.16. The summed E-state index contributed by atoms with van der Waals surface area (Å²) in [7, 11) is 0. The first-order chi connectivity index (χ1) is 9.54. The predicted molar refractivity (Wildman–Crippen MR) is 80.7 cm³/mol. The summed E-state index contributed by atoms with van der Waals surface area (Å²) < 4.78 is 5.87. The van der Waals surface area contributed by atoms with Crippen LogP contribution in [-0.4, -0.2) is 4.98 Å². The van der Waals surface area contributed by atoms with Gasteiger partial charge in [-0.05, 0) is 50.6 Å². The third kappa shape index (κ3) is 2.21. The molecule has 0 amide bonds. The van der Waals surface area contributed by atoms with E-state index in [1.54, 1.807) is 0 Å². The lowest BCUT2D eigenvalue weighted by atomic mass is 10.0. The number of nitrogens with two attached hydrogens (primary N) is 1. The van der Waals surface area contributed by atoms with Crippen molar-refractivity contribution in [2.24, 2.45) is 5.73 Å². The molecule has 1 unspecified atom stereocenters. The minimum Gasteiger partial charge on any atom is -0.459 e. The molecule has 0 spiro atoms. The van der Waals surface area contributed by atoms with Crippen LogP contribution in [0.4, 0.5) is 0 Å². The zero-order chi connectivity index (χ0) is 14.3. The third-order valence-corrected chi connectivity index (χ3v) is 3.60. The van der Waals surface area contributed by atoms with Gasteiger partial charge in [0.05, 0.1) is 6.04 Å². The van der Waals surface area contributed by atoms with Crippen LogP contribution in [0.3, 0.4) is 0 Å². The number of aromatic nitrogens is 1. The lowest BCUT2D eigenvalue weighted by Crippen LogP contribution is -2.13. The highest BCUT2D eigenvalue weighted by Crippen LogP contribution is 2.28. The fourth-order valence-electron chi connectivity index (χ4n) is 2.52. The topological polar surface area (TPSA) is 52.0 Å². The van der Waals surface area contributed by atoms with Gasteiger partial charge in [-0.1, -0.05) is 17.7 Å². The van der Waals surface area contributed by atoms with Crippen LogP contribution >= 0.6 is 0 Å². The summed E-state index contributed by atoms with van der Waals surface area (Å²) >= 11 is 0. The van der Waals surface area contributed by atoms with Crippen molar-refractivity contribution in [2.75, 3.05) is 0 Å². The molecule has 3 aromatic rings. The molecule has 3 rings (SSSR count). The van der Waals surface area contributed by atoms with Crippen molar-refractivity contribution in [1.29, 1.82) is 0 Å². The first-order valence-corrected chi connectivity index (χ1v) is 6.74. The molecule has 3 heteroatoms. The minimum atomic E-state index is -0.282. The molecule has 2 N–H and O–H groups in total. The molecule has 0 bridgehead atoms. The summed E-state index contributed by atoms with van der Waals surface area (Å²) in [6, 6.07) is 11.9. The van der Waals surface area contributed by atoms with Gasteiger partial charge in [0.1, 0.15) is 11.3 Å². The van der Waals surface area contributed by atoms with Gasteiger partial charge in [0.15, 0.2) is 0 Å². The molecule has 0 fully saturated rings. The molecule has 1 aromatic carbocycles. The zero-order valence-electron chi connectivity index (χ0n) is 12.0. The highest BCUT2D eigenvalue weighted by molar-refractivity contribution is 5.78. The van der Waals surface area contributed by atoms with Gasteiger partial charge >= 0.3 is 0 Å². The van der Waals surface area contributed by atoms with Crippen LogP contribution in [-0.2, 0) is 0 Å². The second kappa shape index (κ2) is 4.76. The van der Waals surface area contributed by atoms with Crippen molar-refractivity contribution < 1.29 is 4.42 Å². The molecule has 102 valence electrons. The van der Waals surface area contributed by atoms with Gasteiger partial charge in [-0.3, -0.25) is 4.98 Å². The van der Waals surface area contributed by atoms with Crippen LogP contribution in [0.2, 0.25) is 0 Å². The van der Waals surface area contributed by atoms with Gasteiger partial charge in [-0.15, -0.1) is 0 Å². The summed E-state index contributed by atoms with van der Waals surface area (Å²) in [4.78, 5) is 4.47.